The first kappa shape index (κ1) is 20.0. The number of carbonyl (C=O) groups excluding carboxylic acids is 1. The van der Waals surface area contributed by atoms with Gasteiger partial charge >= 0.3 is 6.09 Å². The highest BCUT2D eigenvalue weighted by Gasteiger charge is 2.33. The van der Waals surface area contributed by atoms with Crippen LogP contribution in [0.15, 0.2) is 30.7 Å². The van der Waals surface area contributed by atoms with Crippen molar-refractivity contribution in [1.82, 2.24) is 9.97 Å². The molecular weight excluding hydrogens is 362 g/mol. The second-order valence-corrected chi connectivity index (χ2v) is 9.21. The number of amides is 1. The molecule has 1 aromatic heterocycles. The number of anilines is 1. The van der Waals surface area contributed by atoms with Gasteiger partial charge in [0.2, 0.25) is 0 Å². The summed E-state index contributed by atoms with van der Waals surface area (Å²) in [6.07, 6.45) is 9.89. The zero-order valence-corrected chi connectivity index (χ0v) is 17.8. The van der Waals surface area contributed by atoms with Gasteiger partial charge in [-0.15, -0.1) is 0 Å². The summed E-state index contributed by atoms with van der Waals surface area (Å²) in [5, 5.41) is 3.07. The quantitative estimate of drug-likeness (QED) is 0.678. The van der Waals surface area contributed by atoms with Gasteiger partial charge in [-0.1, -0.05) is 39.3 Å². The van der Waals surface area contributed by atoms with E-state index in [1.807, 2.05) is 18.3 Å². The van der Waals surface area contributed by atoms with Gasteiger partial charge in [0.15, 0.2) is 0 Å². The molecule has 0 aliphatic heterocycles. The van der Waals surface area contributed by atoms with Crippen LogP contribution in [0.25, 0.3) is 0 Å². The number of H-pyrrole nitrogens is 1. The smallest absolute Gasteiger partial charge is 0.411 e. The van der Waals surface area contributed by atoms with Crippen molar-refractivity contribution in [3.8, 4) is 0 Å². The van der Waals surface area contributed by atoms with Crippen LogP contribution in [-0.4, -0.2) is 22.2 Å². The zero-order valence-electron chi connectivity index (χ0n) is 17.8. The number of aromatic amines is 1. The lowest BCUT2D eigenvalue weighted by Gasteiger charge is -2.36. The fourth-order valence-corrected chi connectivity index (χ4v) is 5.26. The number of hydrogen-bond donors (Lipinski definition) is 2. The largest absolute Gasteiger partial charge is 0.446 e. The predicted octanol–water partition coefficient (Wildman–Crippen LogP) is 5.89. The molecule has 1 amide bonds. The van der Waals surface area contributed by atoms with Gasteiger partial charge in [0.1, 0.15) is 6.10 Å². The minimum absolute atomic E-state index is 0.00935. The number of hydrogen-bond acceptors (Lipinski definition) is 3. The number of nitrogens with zero attached hydrogens (tertiary/aromatic N) is 1. The van der Waals surface area contributed by atoms with Gasteiger partial charge < -0.3 is 9.72 Å². The maximum Gasteiger partial charge on any atom is 0.411 e. The average molecular weight is 396 g/mol. The summed E-state index contributed by atoms with van der Waals surface area (Å²) in [6.45, 7) is 6.73. The monoisotopic (exact) mass is 395 g/mol. The number of benzene rings is 1. The molecule has 4 rings (SSSR count). The van der Waals surface area contributed by atoms with Gasteiger partial charge in [-0.25, -0.2) is 9.78 Å². The third kappa shape index (κ3) is 4.34. The van der Waals surface area contributed by atoms with Crippen molar-refractivity contribution in [2.75, 3.05) is 5.32 Å². The molecule has 0 bridgehead atoms. The molecule has 2 aliphatic rings. The first-order chi connectivity index (χ1) is 14.0. The minimum atomic E-state index is -0.315. The second kappa shape index (κ2) is 8.60. The van der Waals surface area contributed by atoms with Gasteiger partial charge in [0.25, 0.3) is 0 Å². The third-order valence-electron chi connectivity index (χ3n) is 6.84. The van der Waals surface area contributed by atoms with Crippen LogP contribution in [-0.2, 0) is 11.2 Å². The fraction of sp³-hybridized carbons (Fsp3) is 0.583. The van der Waals surface area contributed by atoms with E-state index in [1.165, 1.54) is 17.5 Å². The predicted molar refractivity (Wildman–Crippen MR) is 115 cm³/mol. The van der Waals surface area contributed by atoms with E-state index in [2.05, 4.69) is 42.1 Å². The molecule has 1 saturated carbocycles. The van der Waals surface area contributed by atoms with E-state index in [1.54, 1.807) is 6.33 Å². The second-order valence-electron chi connectivity index (χ2n) is 9.21. The maximum atomic E-state index is 12.8. The van der Waals surface area contributed by atoms with Crippen molar-refractivity contribution in [1.29, 1.82) is 0 Å². The van der Waals surface area contributed by atoms with Crippen LogP contribution in [0.5, 0.6) is 0 Å². The Kier molecular flexibility index (Phi) is 5.93. The van der Waals surface area contributed by atoms with Crippen LogP contribution >= 0.6 is 0 Å². The molecule has 1 fully saturated rings. The molecule has 156 valence electrons. The molecule has 29 heavy (non-hydrogen) atoms. The molecule has 4 atom stereocenters. The lowest BCUT2D eigenvalue weighted by molar-refractivity contribution is 0.0126. The SMILES string of the molecule is CC1CCC(C(C)C)C(OC(=O)Nc2cccc3c2CCC[C@@H]3c2c[nH]cn2)C1. The highest BCUT2D eigenvalue weighted by Crippen LogP contribution is 2.39. The summed E-state index contributed by atoms with van der Waals surface area (Å²) in [7, 11) is 0. The molecule has 0 spiro atoms. The topological polar surface area (TPSA) is 67.0 Å². The molecule has 2 aliphatic carbocycles. The summed E-state index contributed by atoms with van der Waals surface area (Å²) in [5.41, 5.74) is 4.45. The molecule has 2 N–H and O–H groups in total. The molecular formula is C24H33N3O2. The van der Waals surface area contributed by atoms with Crippen molar-refractivity contribution in [2.24, 2.45) is 17.8 Å². The van der Waals surface area contributed by atoms with Gasteiger partial charge in [0.05, 0.1) is 12.0 Å². The van der Waals surface area contributed by atoms with Gasteiger partial charge in [-0.2, -0.15) is 0 Å². The number of nitrogens with one attached hydrogen (secondary N) is 2. The van der Waals surface area contributed by atoms with E-state index in [4.69, 9.17) is 4.74 Å². The van der Waals surface area contributed by atoms with Crippen LogP contribution < -0.4 is 5.32 Å². The molecule has 0 saturated heterocycles. The van der Waals surface area contributed by atoms with E-state index >= 15 is 0 Å². The van der Waals surface area contributed by atoms with E-state index in [0.717, 1.165) is 43.5 Å². The summed E-state index contributed by atoms with van der Waals surface area (Å²) >= 11 is 0. The summed E-state index contributed by atoms with van der Waals surface area (Å²) in [4.78, 5) is 20.3. The number of imidazole rings is 1. The lowest BCUT2D eigenvalue weighted by atomic mass is 9.75. The summed E-state index contributed by atoms with van der Waals surface area (Å²) < 4.78 is 5.96. The first-order valence-corrected chi connectivity index (χ1v) is 11.1. The average Bonchev–Trinajstić information content (AvgIpc) is 3.22. The fourth-order valence-electron chi connectivity index (χ4n) is 5.26. The Morgan fingerprint density at radius 2 is 2.14 bits per heavy atom. The Bertz CT molecular complexity index is 831. The highest BCUT2D eigenvalue weighted by molar-refractivity contribution is 5.86. The van der Waals surface area contributed by atoms with Crippen molar-refractivity contribution in [2.45, 2.75) is 71.3 Å². The normalized spacial score (nSPS) is 26.8. The number of ether oxygens (including phenoxy) is 1. The minimum Gasteiger partial charge on any atom is -0.446 e. The summed E-state index contributed by atoms with van der Waals surface area (Å²) in [5.74, 6) is 1.87. The van der Waals surface area contributed by atoms with Crippen LogP contribution in [0, 0.1) is 17.8 Å². The number of carbonyl (C=O) groups is 1. The Morgan fingerprint density at radius 3 is 2.90 bits per heavy atom. The highest BCUT2D eigenvalue weighted by atomic mass is 16.6. The van der Waals surface area contributed by atoms with Gasteiger partial charge in [0, 0.05) is 17.8 Å². The van der Waals surface area contributed by atoms with Gasteiger partial charge in [-0.3, -0.25) is 5.32 Å². The first-order valence-electron chi connectivity index (χ1n) is 11.1. The van der Waals surface area contributed by atoms with Crippen molar-refractivity contribution < 1.29 is 9.53 Å². The van der Waals surface area contributed by atoms with E-state index in [9.17, 15) is 4.79 Å². The van der Waals surface area contributed by atoms with Crippen molar-refractivity contribution in [3.05, 3.63) is 47.5 Å². The van der Waals surface area contributed by atoms with Gasteiger partial charge in [-0.05, 0) is 67.1 Å². The third-order valence-corrected chi connectivity index (χ3v) is 6.84. The van der Waals surface area contributed by atoms with E-state index < -0.39 is 0 Å². The Morgan fingerprint density at radius 1 is 1.28 bits per heavy atom. The number of aromatic nitrogens is 2. The van der Waals surface area contributed by atoms with E-state index in [0.29, 0.717) is 17.8 Å². The Labute approximate surface area is 173 Å². The summed E-state index contributed by atoms with van der Waals surface area (Å²) in [6, 6.07) is 6.19. The molecule has 1 aromatic carbocycles. The molecule has 1 heterocycles. The number of rotatable bonds is 4. The molecule has 0 radical (unpaired) electrons. The number of fused-ring (bicyclic) bond motifs is 1. The van der Waals surface area contributed by atoms with Crippen molar-refractivity contribution >= 4 is 11.8 Å². The van der Waals surface area contributed by atoms with Crippen molar-refractivity contribution in [3.63, 3.8) is 0 Å². The molecule has 5 heteroatoms. The van der Waals surface area contributed by atoms with Crippen LogP contribution in [0.2, 0.25) is 0 Å². The molecule has 3 unspecified atom stereocenters. The van der Waals surface area contributed by atoms with E-state index in [-0.39, 0.29) is 18.1 Å². The molecule has 2 aromatic rings. The van der Waals surface area contributed by atoms with Crippen LogP contribution in [0.1, 0.15) is 75.6 Å². The maximum absolute atomic E-state index is 12.8. The zero-order chi connectivity index (χ0) is 20.4. The van der Waals surface area contributed by atoms with Crippen LogP contribution in [0.3, 0.4) is 0 Å². The van der Waals surface area contributed by atoms with Crippen LogP contribution in [0.4, 0.5) is 10.5 Å². The lowest BCUT2D eigenvalue weighted by Crippen LogP contribution is -2.37. The Balaban J connectivity index is 1.50. The molecule has 5 nitrogen and oxygen atoms in total. The Hall–Kier alpha value is -2.30. The standard InChI is InChI=1S/C24H33N3O2/c1-15(2)17-11-10-16(3)12-23(17)29-24(28)27-21-9-5-6-18-19(21)7-4-8-20(18)22-13-25-14-26-22/h5-6,9,13-17,20,23H,4,7-8,10-12H2,1-3H3,(H,25,26)(H,27,28)/t16?,17?,20-,23?/m0/s1.